The zero-order valence-corrected chi connectivity index (χ0v) is 17.7. The Kier molecular flexibility index (Phi) is 7.03. The lowest BCUT2D eigenvalue weighted by atomic mass is 9.88. The third-order valence-corrected chi connectivity index (χ3v) is 6.44. The van der Waals surface area contributed by atoms with Crippen LogP contribution in [0.1, 0.15) is 40.2 Å². The van der Waals surface area contributed by atoms with E-state index in [-0.39, 0.29) is 17.9 Å². The first-order chi connectivity index (χ1) is 14.8. The fraction of sp³-hybridized carbons (Fsp3) is 0.280. The molecule has 1 fully saturated rings. The van der Waals surface area contributed by atoms with Gasteiger partial charge in [0, 0.05) is 24.4 Å². The van der Waals surface area contributed by atoms with Gasteiger partial charge in [-0.2, -0.15) is 11.8 Å². The van der Waals surface area contributed by atoms with E-state index in [0.717, 1.165) is 24.3 Å². The summed E-state index contributed by atoms with van der Waals surface area (Å²) >= 11 is 1.88. The maximum Gasteiger partial charge on any atom is 0.256 e. The van der Waals surface area contributed by atoms with Crippen molar-refractivity contribution in [1.29, 1.82) is 0 Å². The highest BCUT2D eigenvalue weighted by Gasteiger charge is 2.21. The standard InChI is InChI=1S/C25H26N2O2S/c28-24(23-12-7-15-27-25(23)29-21-14-17-30-18-21)26-16-13-22(19-8-3-1-4-9-19)20-10-5-2-6-11-20/h1-12,15,21-22H,13-14,16-18H2,(H,26,28). The molecule has 1 aromatic heterocycles. The van der Waals surface area contributed by atoms with E-state index < -0.39 is 0 Å². The van der Waals surface area contributed by atoms with E-state index in [1.807, 2.05) is 23.9 Å². The van der Waals surface area contributed by atoms with Gasteiger partial charge in [0.05, 0.1) is 0 Å². The normalized spacial score (nSPS) is 15.8. The predicted octanol–water partition coefficient (Wildman–Crippen LogP) is 4.92. The number of aromatic nitrogens is 1. The van der Waals surface area contributed by atoms with Crippen LogP contribution < -0.4 is 10.1 Å². The summed E-state index contributed by atoms with van der Waals surface area (Å²) in [6.45, 7) is 0.570. The van der Waals surface area contributed by atoms with Gasteiger partial charge < -0.3 is 10.1 Å². The molecule has 0 spiro atoms. The average molecular weight is 419 g/mol. The highest BCUT2D eigenvalue weighted by Crippen LogP contribution is 2.28. The molecule has 4 nitrogen and oxygen atoms in total. The second-order valence-electron chi connectivity index (χ2n) is 7.38. The molecule has 1 atom stereocenters. The van der Waals surface area contributed by atoms with Crippen LogP contribution in [0.2, 0.25) is 0 Å². The summed E-state index contributed by atoms with van der Waals surface area (Å²) in [4.78, 5) is 17.2. The molecule has 2 aromatic carbocycles. The smallest absolute Gasteiger partial charge is 0.256 e. The van der Waals surface area contributed by atoms with E-state index in [1.165, 1.54) is 11.1 Å². The van der Waals surface area contributed by atoms with E-state index in [9.17, 15) is 4.79 Å². The monoisotopic (exact) mass is 418 g/mol. The first-order valence-electron chi connectivity index (χ1n) is 10.4. The van der Waals surface area contributed by atoms with Gasteiger partial charge in [-0.25, -0.2) is 4.98 Å². The first kappa shape index (κ1) is 20.5. The topological polar surface area (TPSA) is 51.2 Å². The molecule has 3 aromatic rings. The van der Waals surface area contributed by atoms with Crippen molar-refractivity contribution in [3.05, 3.63) is 95.7 Å². The van der Waals surface area contributed by atoms with Crippen molar-refractivity contribution in [2.75, 3.05) is 18.1 Å². The van der Waals surface area contributed by atoms with Crippen LogP contribution in [0.4, 0.5) is 0 Å². The van der Waals surface area contributed by atoms with E-state index in [0.29, 0.717) is 18.0 Å². The van der Waals surface area contributed by atoms with Crippen molar-refractivity contribution < 1.29 is 9.53 Å². The van der Waals surface area contributed by atoms with Crippen LogP contribution in [-0.2, 0) is 0 Å². The van der Waals surface area contributed by atoms with Crippen molar-refractivity contribution in [3.63, 3.8) is 0 Å². The minimum atomic E-state index is -0.136. The quantitative estimate of drug-likeness (QED) is 0.564. The summed E-state index contributed by atoms with van der Waals surface area (Å²) in [6, 6.07) is 24.4. The molecule has 1 unspecified atom stereocenters. The van der Waals surface area contributed by atoms with Crippen molar-refractivity contribution in [2.24, 2.45) is 0 Å². The fourth-order valence-electron chi connectivity index (χ4n) is 3.74. The molecule has 5 heteroatoms. The molecule has 1 N–H and O–H groups in total. The highest BCUT2D eigenvalue weighted by atomic mass is 32.2. The molecule has 0 saturated carbocycles. The van der Waals surface area contributed by atoms with Gasteiger partial charge in [0.15, 0.2) is 0 Å². The summed E-state index contributed by atoms with van der Waals surface area (Å²) in [6.07, 6.45) is 3.62. The number of hydrogen-bond donors (Lipinski definition) is 1. The summed E-state index contributed by atoms with van der Waals surface area (Å²) in [5, 5.41) is 3.07. The molecular weight excluding hydrogens is 392 g/mol. The molecule has 4 rings (SSSR count). The molecule has 1 aliphatic heterocycles. The summed E-state index contributed by atoms with van der Waals surface area (Å²) < 4.78 is 6.00. The summed E-state index contributed by atoms with van der Waals surface area (Å²) in [7, 11) is 0. The van der Waals surface area contributed by atoms with E-state index in [1.54, 1.807) is 18.3 Å². The Labute approximate surface area is 182 Å². The Morgan fingerprint density at radius 1 is 1.03 bits per heavy atom. The number of carbonyl (C=O) groups excluding carboxylic acids is 1. The van der Waals surface area contributed by atoms with Crippen LogP contribution >= 0.6 is 11.8 Å². The Morgan fingerprint density at radius 3 is 2.37 bits per heavy atom. The SMILES string of the molecule is O=C(NCCC(c1ccccc1)c1ccccc1)c1cccnc1OC1CCSC1. The first-order valence-corrected chi connectivity index (χ1v) is 11.5. The number of pyridine rings is 1. The zero-order valence-electron chi connectivity index (χ0n) is 16.9. The lowest BCUT2D eigenvalue weighted by Gasteiger charge is -2.19. The van der Waals surface area contributed by atoms with Crippen LogP contribution in [0.5, 0.6) is 5.88 Å². The van der Waals surface area contributed by atoms with Crippen molar-refractivity contribution in [2.45, 2.75) is 24.9 Å². The molecule has 1 saturated heterocycles. The highest BCUT2D eigenvalue weighted by molar-refractivity contribution is 7.99. The number of ether oxygens (including phenoxy) is 1. The van der Waals surface area contributed by atoms with Crippen molar-refractivity contribution >= 4 is 17.7 Å². The van der Waals surface area contributed by atoms with Crippen LogP contribution in [0.15, 0.2) is 79.0 Å². The number of rotatable bonds is 8. The van der Waals surface area contributed by atoms with E-state index in [4.69, 9.17) is 4.74 Å². The Balaban J connectivity index is 1.42. The minimum Gasteiger partial charge on any atom is -0.473 e. The van der Waals surface area contributed by atoms with Gasteiger partial charge in [-0.15, -0.1) is 0 Å². The van der Waals surface area contributed by atoms with Crippen LogP contribution in [-0.4, -0.2) is 35.0 Å². The molecule has 0 aliphatic carbocycles. The summed E-state index contributed by atoms with van der Waals surface area (Å²) in [5.74, 6) is 2.58. The fourth-order valence-corrected chi connectivity index (χ4v) is 4.84. The van der Waals surface area contributed by atoms with Gasteiger partial charge in [-0.05, 0) is 41.9 Å². The Bertz CT molecular complexity index is 904. The predicted molar refractivity (Wildman–Crippen MR) is 122 cm³/mol. The summed E-state index contributed by atoms with van der Waals surface area (Å²) in [5.41, 5.74) is 3.01. The lowest BCUT2D eigenvalue weighted by molar-refractivity contribution is 0.0945. The third kappa shape index (κ3) is 5.22. The number of nitrogens with zero attached hydrogens (tertiary/aromatic N) is 1. The second kappa shape index (κ2) is 10.3. The zero-order chi connectivity index (χ0) is 20.6. The van der Waals surface area contributed by atoms with Gasteiger partial charge in [0.2, 0.25) is 5.88 Å². The van der Waals surface area contributed by atoms with Gasteiger partial charge in [-0.1, -0.05) is 60.7 Å². The molecule has 1 amide bonds. The average Bonchev–Trinajstić information content (AvgIpc) is 3.31. The van der Waals surface area contributed by atoms with Gasteiger partial charge in [-0.3, -0.25) is 4.79 Å². The van der Waals surface area contributed by atoms with E-state index >= 15 is 0 Å². The molecule has 1 aliphatic rings. The minimum absolute atomic E-state index is 0.136. The number of hydrogen-bond acceptors (Lipinski definition) is 4. The molecule has 30 heavy (non-hydrogen) atoms. The largest absolute Gasteiger partial charge is 0.473 e. The van der Waals surface area contributed by atoms with Crippen molar-refractivity contribution in [3.8, 4) is 5.88 Å². The number of benzene rings is 2. The van der Waals surface area contributed by atoms with Crippen LogP contribution in [0, 0.1) is 0 Å². The Hall–Kier alpha value is -2.79. The van der Waals surface area contributed by atoms with E-state index in [2.05, 4.69) is 58.8 Å². The molecular formula is C25H26N2O2S. The van der Waals surface area contributed by atoms with Crippen molar-refractivity contribution in [1.82, 2.24) is 10.3 Å². The lowest BCUT2D eigenvalue weighted by Crippen LogP contribution is -2.27. The van der Waals surface area contributed by atoms with Gasteiger partial charge in [0.25, 0.3) is 5.91 Å². The van der Waals surface area contributed by atoms with Gasteiger partial charge in [0.1, 0.15) is 11.7 Å². The maximum atomic E-state index is 12.9. The number of nitrogens with one attached hydrogen (secondary N) is 1. The molecule has 0 bridgehead atoms. The number of thioether (sulfide) groups is 1. The maximum absolute atomic E-state index is 12.9. The Morgan fingerprint density at radius 2 is 1.73 bits per heavy atom. The number of amides is 1. The molecule has 0 radical (unpaired) electrons. The third-order valence-electron chi connectivity index (χ3n) is 5.30. The molecule has 154 valence electrons. The van der Waals surface area contributed by atoms with Crippen LogP contribution in [0.25, 0.3) is 0 Å². The second-order valence-corrected chi connectivity index (χ2v) is 8.53. The molecule has 2 heterocycles. The van der Waals surface area contributed by atoms with Gasteiger partial charge >= 0.3 is 0 Å². The van der Waals surface area contributed by atoms with Crippen LogP contribution in [0.3, 0.4) is 0 Å². The number of carbonyl (C=O) groups is 1.